The van der Waals surface area contributed by atoms with Crippen molar-refractivity contribution in [2.24, 2.45) is 23.7 Å². The minimum absolute atomic E-state index is 0.0553. The highest BCUT2D eigenvalue weighted by Gasteiger charge is 2.32. The Morgan fingerprint density at radius 2 is 1.43 bits per heavy atom. The van der Waals surface area contributed by atoms with Crippen LogP contribution in [0.25, 0.3) is 0 Å². The fraction of sp³-hybridized carbons (Fsp3) is 0.742. The van der Waals surface area contributed by atoms with E-state index < -0.39 is 11.6 Å². The van der Waals surface area contributed by atoms with Gasteiger partial charge in [-0.05, 0) is 112 Å². The molecule has 0 unspecified atom stereocenters. The standard InChI is InChI=1S/C31H46F2O2/c1-3-5-22-6-10-24(11-7-22)25-12-8-23(9-13-25)21-35-27-16-14-26(15-17-27)28-18-19-29(34-20-4-2)31(33)30(28)32/h4,18-20,22-27H,3,5-17,21H2,1-2H3. The molecule has 0 bridgehead atoms. The maximum absolute atomic E-state index is 14.7. The van der Waals surface area contributed by atoms with Gasteiger partial charge in [0.1, 0.15) is 0 Å². The van der Waals surface area contributed by atoms with Crippen LogP contribution in [-0.4, -0.2) is 12.7 Å². The number of allylic oxidation sites excluding steroid dienone is 1. The summed E-state index contributed by atoms with van der Waals surface area (Å²) < 4.78 is 40.6. The van der Waals surface area contributed by atoms with Gasteiger partial charge >= 0.3 is 0 Å². The van der Waals surface area contributed by atoms with Crippen LogP contribution in [0.2, 0.25) is 0 Å². The number of hydrogen-bond acceptors (Lipinski definition) is 2. The first kappa shape index (κ1) is 26.6. The molecule has 3 aliphatic rings. The van der Waals surface area contributed by atoms with Crippen LogP contribution in [0, 0.1) is 35.3 Å². The minimum atomic E-state index is -0.886. The highest BCUT2D eigenvalue weighted by atomic mass is 19.2. The quantitative estimate of drug-likeness (QED) is 0.322. The summed E-state index contributed by atoms with van der Waals surface area (Å²) in [4.78, 5) is 0. The van der Waals surface area contributed by atoms with E-state index in [2.05, 4.69) is 6.92 Å². The Morgan fingerprint density at radius 1 is 0.800 bits per heavy atom. The molecule has 0 atom stereocenters. The predicted octanol–water partition coefficient (Wildman–Crippen LogP) is 9.33. The summed E-state index contributed by atoms with van der Waals surface area (Å²) in [7, 11) is 0. The highest BCUT2D eigenvalue weighted by molar-refractivity contribution is 5.33. The fourth-order valence-electron chi connectivity index (χ4n) is 7.09. The third-order valence-corrected chi connectivity index (χ3v) is 9.24. The van der Waals surface area contributed by atoms with Gasteiger partial charge in [0.05, 0.1) is 12.4 Å². The molecule has 1 aromatic rings. The summed E-state index contributed by atoms with van der Waals surface area (Å²) in [6.45, 7) is 4.97. The Morgan fingerprint density at radius 3 is 2.03 bits per heavy atom. The lowest BCUT2D eigenvalue weighted by Gasteiger charge is -2.38. The molecule has 0 radical (unpaired) electrons. The van der Waals surface area contributed by atoms with Crippen LogP contribution in [0.4, 0.5) is 8.78 Å². The van der Waals surface area contributed by atoms with Gasteiger partial charge < -0.3 is 9.47 Å². The molecule has 3 fully saturated rings. The molecule has 0 aromatic heterocycles. The first-order valence-corrected chi connectivity index (χ1v) is 14.5. The molecule has 0 amide bonds. The first-order chi connectivity index (χ1) is 17.1. The van der Waals surface area contributed by atoms with Crippen LogP contribution >= 0.6 is 0 Å². The maximum Gasteiger partial charge on any atom is 0.201 e. The molecule has 0 aliphatic heterocycles. The zero-order valence-electron chi connectivity index (χ0n) is 22.0. The molecule has 3 saturated carbocycles. The van der Waals surface area contributed by atoms with Crippen molar-refractivity contribution in [3.8, 4) is 5.75 Å². The van der Waals surface area contributed by atoms with Gasteiger partial charge in [0.25, 0.3) is 0 Å². The molecule has 2 nitrogen and oxygen atoms in total. The molecule has 0 saturated heterocycles. The average Bonchev–Trinajstić information content (AvgIpc) is 2.90. The van der Waals surface area contributed by atoms with E-state index in [1.807, 2.05) is 0 Å². The molecule has 196 valence electrons. The number of halogens is 2. The van der Waals surface area contributed by atoms with Crippen molar-refractivity contribution in [3.05, 3.63) is 41.7 Å². The van der Waals surface area contributed by atoms with Crippen LogP contribution in [0.15, 0.2) is 24.5 Å². The molecule has 4 heteroatoms. The molecule has 4 rings (SSSR count). The van der Waals surface area contributed by atoms with Crippen molar-refractivity contribution in [2.75, 3.05) is 6.61 Å². The average molecular weight is 489 g/mol. The van der Waals surface area contributed by atoms with Gasteiger partial charge in [0.2, 0.25) is 5.82 Å². The van der Waals surface area contributed by atoms with Gasteiger partial charge in [-0.25, -0.2) is 4.39 Å². The molecular formula is C31H46F2O2. The zero-order chi connectivity index (χ0) is 24.6. The Balaban J connectivity index is 1.15. The number of benzene rings is 1. The largest absolute Gasteiger partial charge is 0.462 e. The second kappa shape index (κ2) is 13.2. The summed E-state index contributed by atoms with van der Waals surface area (Å²) in [6, 6.07) is 3.24. The monoisotopic (exact) mass is 488 g/mol. The Kier molecular flexibility index (Phi) is 10.1. The van der Waals surface area contributed by atoms with E-state index in [0.29, 0.717) is 11.5 Å². The normalized spacial score (nSPS) is 32.1. The number of rotatable bonds is 9. The van der Waals surface area contributed by atoms with Crippen LogP contribution < -0.4 is 4.74 Å². The van der Waals surface area contributed by atoms with Gasteiger partial charge in [-0.15, -0.1) is 0 Å². The van der Waals surface area contributed by atoms with E-state index in [-0.39, 0.29) is 17.8 Å². The van der Waals surface area contributed by atoms with Crippen LogP contribution in [0.1, 0.15) is 115 Å². The lowest BCUT2D eigenvalue weighted by Crippen LogP contribution is -2.29. The Bertz CT molecular complexity index is 798. The first-order valence-electron chi connectivity index (χ1n) is 14.5. The molecule has 0 spiro atoms. The lowest BCUT2D eigenvalue weighted by molar-refractivity contribution is -0.00790. The van der Waals surface area contributed by atoms with E-state index in [9.17, 15) is 8.78 Å². The van der Waals surface area contributed by atoms with Gasteiger partial charge in [0.15, 0.2) is 11.6 Å². The van der Waals surface area contributed by atoms with Crippen molar-refractivity contribution >= 4 is 0 Å². The summed E-state index contributed by atoms with van der Waals surface area (Å²) in [5, 5.41) is 0. The summed E-state index contributed by atoms with van der Waals surface area (Å²) in [5.74, 6) is 2.00. The van der Waals surface area contributed by atoms with E-state index >= 15 is 0 Å². The zero-order valence-corrected chi connectivity index (χ0v) is 22.0. The third-order valence-electron chi connectivity index (χ3n) is 9.24. The van der Waals surface area contributed by atoms with E-state index in [1.165, 1.54) is 70.5 Å². The van der Waals surface area contributed by atoms with Crippen molar-refractivity contribution in [2.45, 2.75) is 116 Å². The second-order valence-electron chi connectivity index (χ2n) is 11.5. The molecular weight excluding hydrogens is 442 g/mol. The van der Waals surface area contributed by atoms with Gasteiger partial charge in [-0.1, -0.05) is 44.7 Å². The molecule has 0 heterocycles. The van der Waals surface area contributed by atoms with Crippen LogP contribution in [-0.2, 0) is 4.74 Å². The van der Waals surface area contributed by atoms with Gasteiger partial charge in [-0.3, -0.25) is 0 Å². The maximum atomic E-state index is 14.7. The van der Waals surface area contributed by atoms with Crippen molar-refractivity contribution in [1.29, 1.82) is 0 Å². The van der Waals surface area contributed by atoms with Crippen LogP contribution in [0.5, 0.6) is 5.75 Å². The fourth-order valence-corrected chi connectivity index (χ4v) is 7.09. The van der Waals surface area contributed by atoms with Crippen molar-refractivity contribution < 1.29 is 18.3 Å². The van der Waals surface area contributed by atoms with Gasteiger partial charge in [0, 0.05) is 6.61 Å². The lowest BCUT2D eigenvalue weighted by atomic mass is 9.69. The summed E-state index contributed by atoms with van der Waals surface area (Å²) in [5.41, 5.74) is 0.482. The number of ether oxygens (including phenoxy) is 2. The molecule has 1 aromatic carbocycles. The predicted molar refractivity (Wildman–Crippen MR) is 139 cm³/mol. The minimum Gasteiger partial charge on any atom is -0.462 e. The number of hydrogen-bond donors (Lipinski definition) is 0. The molecule has 3 aliphatic carbocycles. The van der Waals surface area contributed by atoms with E-state index in [1.54, 1.807) is 25.1 Å². The summed E-state index contributed by atoms with van der Waals surface area (Å²) in [6.07, 6.45) is 20.9. The SMILES string of the molecule is CC=COc1ccc(C2CCC(OCC3CCC(C4CCC(CCC)CC4)CC3)CC2)c(F)c1F. The Hall–Kier alpha value is -1.42. The van der Waals surface area contributed by atoms with Crippen LogP contribution in [0.3, 0.4) is 0 Å². The topological polar surface area (TPSA) is 18.5 Å². The second-order valence-corrected chi connectivity index (χ2v) is 11.5. The Labute approximate surface area is 211 Å². The third kappa shape index (κ3) is 7.08. The smallest absolute Gasteiger partial charge is 0.201 e. The van der Waals surface area contributed by atoms with E-state index in [4.69, 9.17) is 9.47 Å². The molecule has 0 N–H and O–H groups in total. The molecule has 35 heavy (non-hydrogen) atoms. The van der Waals surface area contributed by atoms with Crippen molar-refractivity contribution in [3.63, 3.8) is 0 Å². The summed E-state index contributed by atoms with van der Waals surface area (Å²) >= 11 is 0. The van der Waals surface area contributed by atoms with E-state index in [0.717, 1.165) is 50.0 Å². The van der Waals surface area contributed by atoms with Gasteiger partial charge in [-0.2, -0.15) is 4.39 Å². The highest BCUT2D eigenvalue weighted by Crippen LogP contribution is 2.43. The van der Waals surface area contributed by atoms with Crippen molar-refractivity contribution in [1.82, 2.24) is 0 Å².